The van der Waals surface area contributed by atoms with Gasteiger partial charge in [-0.2, -0.15) is 0 Å². The predicted octanol–water partition coefficient (Wildman–Crippen LogP) is 14.2. The molecule has 0 atom stereocenters. The summed E-state index contributed by atoms with van der Waals surface area (Å²) in [7, 11) is 0. The number of rotatable bonds is 3. The summed E-state index contributed by atoms with van der Waals surface area (Å²) in [6, 6.07) is 59.6. The summed E-state index contributed by atoms with van der Waals surface area (Å²) in [6.45, 7) is 11.7. The molecule has 2 aliphatic carbocycles. The summed E-state index contributed by atoms with van der Waals surface area (Å²) < 4.78 is 2.46. The molecular formula is C53H41N. The van der Waals surface area contributed by atoms with Crippen molar-refractivity contribution in [3.05, 3.63) is 186 Å². The third-order valence-corrected chi connectivity index (χ3v) is 12.8. The minimum atomic E-state index is -0.0932. The second kappa shape index (κ2) is 10.9. The van der Waals surface area contributed by atoms with Crippen LogP contribution in [0, 0.1) is 6.92 Å². The zero-order valence-electron chi connectivity index (χ0n) is 31.5. The van der Waals surface area contributed by atoms with Crippen LogP contribution in [0.1, 0.15) is 55.5 Å². The van der Waals surface area contributed by atoms with Crippen LogP contribution in [0.3, 0.4) is 0 Å². The molecule has 11 rings (SSSR count). The first kappa shape index (κ1) is 31.4. The van der Waals surface area contributed by atoms with Crippen molar-refractivity contribution in [2.75, 3.05) is 0 Å². The molecule has 0 saturated heterocycles. The van der Waals surface area contributed by atoms with E-state index in [9.17, 15) is 0 Å². The Morgan fingerprint density at radius 2 is 0.926 bits per heavy atom. The summed E-state index contributed by atoms with van der Waals surface area (Å²) in [5, 5.41) is 5.13. The molecule has 9 aromatic rings. The van der Waals surface area contributed by atoms with E-state index in [1.54, 1.807) is 0 Å². The Morgan fingerprint density at radius 1 is 0.407 bits per heavy atom. The normalized spacial score (nSPS) is 14.7. The molecule has 258 valence electrons. The number of nitrogens with zero attached hydrogens (tertiary/aromatic N) is 1. The maximum absolute atomic E-state index is 2.47. The van der Waals surface area contributed by atoms with Gasteiger partial charge in [-0.05, 0) is 121 Å². The molecule has 1 aromatic heterocycles. The molecule has 0 saturated carbocycles. The summed E-state index contributed by atoms with van der Waals surface area (Å²) in [5.41, 5.74) is 21.0. The number of hydrogen-bond acceptors (Lipinski definition) is 0. The second-order valence-electron chi connectivity index (χ2n) is 16.6. The van der Waals surface area contributed by atoms with E-state index in [1.165, 1.54) is 111 Å². The molecule has 0 N–H and O–H groups in total. The SMILES string of the molecule is Cc1ccc(-n2c3ccc(-c4cccc5c4C(C)(C)c4ccccc4-5)cc3c3c4ccc(-c5cccc6c5C(C)(C)c5ccccc5-6)cc4ccc32)cc1. The molecule has 1 heterocycles. The van der Waals surface area contributed by atoms with E-state index in [1.807, 2.05) is 0 Å². The van der Waals surface area contributed by atoms with Crippen LogP contribution < -0.4 is 0 Å². The van der Waals surface area contributed by atoms with Crippen LogP contribution in [0.4, 0.5) is 0 Å². The molecule has 0 aliphatic heterocycles. The third-order valence-electron chi connectivity index (χ3n) is 12.8. The Balaban J connectivity index is 1.15. The van der Waals surface area contributed by atoms with Crippen LogP contribution in [0.25, 0.3) is 82.8 Å². The van der Waals surface area contributed by atoms with Crippen molar-refractivity contribution >= 4 is 32.6 Å². The minimum Gasteiger partial charge on any atom is -0.309 e. The van der Waals surface area contributed by atoms with Gasteiger partial charge in [0.05, 0.1) is 11.0 Å². The van der Waals surface area contributed by atoms with Crippen molar-refractivity contribution in [3.8, 4) is 50.2 Å². The van der Waals surface area contributed by atoms with E-state index < -0.39 is 0 Å². The first-order valence-corrected chi connectivity index (χ1v) is 19.3. The fourth-order valence-electron chi connectivity index (χ4n) is 10.3. The monoisotopic (exact) mass is 691 g/mol. The molecule has 8 aromatic carbocycles. The van der Waals surface area contributed by atoms with Crippen molar-refractivity contribution in [3.63, 3.8) is 0 Å². The summed E-state index contributed by atoms with van der Waals surface area (Å²) in [6.07, 6.45) is 0. The van der Waals surface area contributed by atoms with Crippen molar-refractivity contribution in [1.29, 1.82) is 0 Å². The zero-order chi connectivity index (χ0) is 36.5. The zero-order valence-corrected chi connectivity index (χ0v) is 31.5. The van der Waals surface area contributed by atoms with E-state index in [4.69, 9.17) is 0 Å². The lowest BCUT2D eigenvalue weighted by molar-refractivity contribution is 0.662. The lowest BCUT2D eigenvalue weighted by Crippen LogP contribution is -2.16. The van der Waals surface area contributed by atoms with E-state index in [0.717, 1.165) is 0 Å². The molecule has 1 nitrogen and oxygen atoms in total. The van der Waals surface area contributed by atoms with Crippen LogP contribution in [-0.4, -0.2) is 4.57 Å². The molecule has 0 fully saturated rings. The average molecular weight is 692 g/mol. The lowest BCUT2D eigenvalue weighted by Gasteiger charge is -2.24. The van der Waals surface area contributed by atoms with E-state index in [-0.39, 0.29) is 10.8 Å². The molecule has 54 heavy (non-hydrogen) atoms. The van der Waals surface area contributed by atoms with Gasteiger partial charge in [-0.25, -0.2) is 0 Å². The second-order valence-corrected chi connectivity index (χ2v) is 16.6. The predicted molar refractivity (Wildman–Crippen MR) is 229 cm³/mol. The molecule has 0 radical (unpaired) electrons. The van der Waals surface area contributed by atoms with Gasteiger partial charge in [-0.3, -0.25) is 0 Å². The Hall–Kier alpha value is -6.18. The molecule has 0 bridgehead atoms. The molecule has 0 amide bonds. The standard InChI is InChI=1S/C53H41N/c1-32-20-25-36(26-21-32)54-47-28-23-35(39-15-11-17-43-41-13-7-9-19-46(41)53(4,5)51(39)43)31-44(47)49-37-27-22-34(30-33(37)24-29-48(49)54)38-14-10-16-42-40-12-6-8-18-45(40)52(2,3)50(38)42/h6-31H,1-5H3. The van der Waals surface area contributed by atoms with Crippen molar-refractivity contribution in [2.24, 2.45) is 0 Å². The van der Waals surface area contributed by atoms with E-state index in [2.05, 4.69) is 197 Å². The first-order valence-electron chi connectivity index (χ1n) is 19.3. The largest absolute Gasteiger partial charge is 0.309 e. The van der Waals surface area contributed by atoms with Crippen LogP contribution in [0.2, 0.25) is 0 Å². The van der Waals surface area contributed by atoms with Gasteiger partial charge in [0.1, 0.15) is 0 Å². The van der Waals surface area contributed by atoms with Gasteiger partial charge in [0.2, 0.25) is 0 Å². The average Bonchev–Trinajstić information content (AvgIpc) is 3.75. The highest BCUT2D eigenvalue weighted by Gasteiger charge is 2.38. The Morgan fingerprint density at radius 3 is 1.56 bits per heavy atom. The quantitative estimate of drug-likeness (QED) is 0.174. The summed E-state index contributed by atoms with van der Waals surface area (Å²) in [4.78, 5) is 0. The van der Waals surface area contributed by atoms with Gasteiger partial charge in [-0.15, -0.1) is 0 Å². The van der Waals surface area contributed by atoms with Crippen LogP contribution in [-0.2, 0) is 10.8 Å². The maximum atomic E-state index is 2.47. The van der Waals surface area contributed by atoms with Crippen LogP contribution in [0.5, 0.6) is 0 Å². The van der Waals surface area contributed by atoms with Crippen LogP contribution in [0.15, 0.2) is 158 Å². The molecule has 1 heteroatoms. The van der Waals surface area contributed by atoms with Crippen molar-refractivity contribution < 1.29 is 0 Å². The van der Waals surface area contributed by atoms with E-state index in [0.29, 0.717) is 0 Å². The Labute approximate surface area is 317 Å². The molecule has 2 aliphatic rings. The maximum Gasteiger partial charge on any atom is 0.0547 e. The van der Waals surface area contributed by atoms with Gasteiger partial charge in [-0.1, -0.05) is 155 Å². The summed E-state index contributed by atoms with van der Waals surface area (Å²) >= 11 is 0. The first-order chi connectivity index (χ1) is 26.2. The molecule has 0 unspecified atom stereocenters. The fourth-order valence-corrected chi connectivity index (χ4v) is 10.3. The topological polar surface area (TPSA) is 4.93 Å². The van der Waals surface area contributed by atoms with Crippen molar-refractivity contribution in [2.45, 2.75) is 45.4 Å². The third kappa shape index (κ3) is 4.16. The van der Waals surface area contributed by atoms with Gasteiger partial charge >= 0.3 is 0 Å². The van der Waals surface area contributed by atoms with Gasteiger partial charge in [0.15, 0.2) is 0 Å². The lowest BCUT2D eigenvalue weighted by atomic mass is 9.78. The van der Waals surface area contributed by atoms with Crippen molar-refractivity contribution in [1.82, 2.24) is 4.57 Å². The highest BCUT2D eigenvalue weighted by atomic mass is 15.0. The summed E-state index contributed by atoms with van der Waals surface area (Å²) in [5.74, 6) is 0. The highest BCUT2D eigenvalue weighted by Crippen LogP contribution is 2.54. The molecule has 0 spiro atoms. The highest BCUT2D eigenvalue weighted by molar-refractivity contribution is 6.22. The van der Waals surface area contributed by atoms with Crippen LogP contribution >= 0.6 is 0 Å². The van der Waals surface area contributed by atoms with Gasteiger partial charge in [0, 0.05) is 27.3 Å². The van der Waals surface area contributed by atoms with E-state index >= 15 is 0 Å². The number of hydrogen-bond donors (Lipinski definition) is 0. The smallest absolute Gasteiger partial charge is 0.0547 e. The number of fused-ring (bicyclic) bond motifs is 11. The Kier molecular flexibility index (Phi) is 6.35. The fraction of sp³-hybridized carbons (Fsp3) is 0.132. The number of benzene rings is 8. The number of aryl methyl sites for hydroxylation is 1. The van der Waals surface area contributed by atoms with Gasteiger partial charge < -0.3 is 4.57 Å². The molecular weight excluding hydrogens is 651 g/mol. The van der Waals surface area contributed by atoms with Gasteiger partial charge in [0.25, 0.3) is 0 Å². The Bertz CT molecular complexity index is 3040. The minimum absolute atomic E-state index is 0.0765. The number of aromatic nitrogens is 1.